The van der Waals surface area contributed by atoms with E-state index < -0.39 is 10.0 Å². The van der Waals surface area contributed by atoms with Crippen molar-refractivity contribution in [3.8, 4) is 0 Å². The number of sulfonamides is 1. The number of benzene rings is 2. The van der Waals surface area contributed by atoms with Crippen LogP contribution in [0.3, 0.4) is 0 Å². The van der Waals surface area contributed by atoms with Crippen molar-refractivity contribution in [1.82, 2.24) is 14.3 Å². The van der Waals surface area contributed by atoms with E-state index in [1.54, 1.807) is 36.8 Å². The molecule has 1 heterocycles. The van der Waals surface area contributed by atoms with Crippen LogP contribution in [0.1, 0.15) is 11.1 Å². The second-order valence-electron chi connectivity index (χ2n) is 5.33. The number of halogens is 1. The van der Waals surface area contributed by atoms with Crippen molar-refractivity contribution in [3.63, 3.8) is 0 Å². The lowest BCUT2D eigenvalue weighted by Gasteiger charge is -2.08. The molecule has 0 fully saturated rings. The third-order valence-electron chi connectivity index (χ3n) is 3.52. The lowest BCUT2D eigenvalue weighted by atomic mass is 10.1. The fraction of sp³-hybridized carbons (Fsp3) is 0.118. The highest BCUT2D eigenvalue weighted by molar-refractivity contribution is 9.10. The Morgan fingerprint density at radius 3 is 2.50 bits per heavy atom. The molecule has 24 heavy (non-hydrogen) atoms. The largest absolute Gasteiger partial charge is 0.333 e. The van der Waals surface area contributed by atoms with Gasteiger partial charge in [0.15, 0.2) is 0 Å². The molecule has 0 aliphatic heterocycles. The minimum Gasteiger partial charge on any atom is -0.333 e. The van der Waals surface area contributed by atoms with Gasteiger partial charge in [0.2, 0.25) is 10.0 Å². The van der Waals surface area contributed by atoms with Gasteiger partial charge in [0, 0.05) is 30.0 Å². The molecular weight excluding hydrogens is 390 g/mol. The summed E-state index contributed by atoms with van der Waals surface area (Å²) in [6, 6.07) is 14.5. The van der Waals surface area contributed by atoms with Crippen molar-refractivity contribution < 1.29 is 8.42 Å². The molecule has 1 aromatic heterocycles. The summed E-state index contributed by atoms with van der Waals surface area (Å²) < 4.78 is 29.9. The molecule has 1 N–H and O–H groups in total. The Hall–Kier alpha value is -1.96. The van der Waals surface area contributed by atoms with Crippen molar-refractivity contribution in [2.45, 2.75) is 18.0 Å². The van der Waals surface area contributed by atoms with Crippen LogP contribution in [-0.4, -0.2) is 18.0 Å². The molecule has 3 aromatic rings. The van der Waals surface area contributed by atoms with Crippen LogP contribution in [0.25, 0.3) is 0 Å². The van der Waals surface area contributed by atoms with Crippen molar-refractivity contribution >= 4 is 26.0 Å². The summed E-state index contributed by atoms with van der Waals surface area (Å²) >= 11 is 3.28. The highest BCUT2D eigenvalue weighted by atomic mass is 79.9. The molecule has 124 valence electrons. The van der Waals surface area contributed by atoms with E-state index >= 15 is 0 Å². The first-order valence-corrected chi connectivity index (χ1v) is 9.59. The number of nitrogens with zero attached hydrogens (tertiary/aromatic N) is 2. The van der Waals surface area contributed by atoms with Crippen LogP contribution in [0.4, 0.5) is 0 Å². The van der Waals surface area contributed by atoms with Crippen LogP contribution in [0, 0.1) is 0 Å². The molecule has 0 spiro atoms. The third-order valence-corrected chi connectivity index (χ3v) is 5.41. The monoisotopic (exact) mass is 405 g/mol. The molecule has 0 aliphatic rings. The number of imidazole rings is 1. The SMILES string of the molecule is O=S(=O)(NCc1ccc(Cn2ccnc2)cc1)c1cccc(Br)c1. The third kappa shape index (κ3) is 4.31. The summed E-state index contributed by atoms with van der Waals surface area (Å²) in [6.45, 7) is 0.990. The molecular formula is C17H16BrN3O2S. The van der Waals surface area contributed by atoms with E-state index in [1.165, 1.54) is 0 Å². The van der Waals surface area contributed by atoms with Crippen LogP contribution in [0.2, 0.25) is 0 Å². The summed E-state index contributed by atoms with van der Waals surface area (Å²) in [4.78, 5) is 4.25. The first kappa shape index (κ1) is 16.9. The van der Waals surface area contributed by atoms with Gasteiger partial charge in [-0.25, -0.2) is 18.1 Å². The molecule has 0 saturated heterocycles. The van der Waals surface area contributed by atoms with Crippen molar-refractivity contribution in [1.29, 1.82) is 0 Å². The standard InChI is InChI=1S/C17H16BrN3O2S/c18-16-2-1-3-17(10-16)24(22,23)20-11-14-4-6-15(7-5-14)12-21-9-8-19-13-21/h1-10,13,20H,11-12H2. The molecule has 0 amide bonds. The maximum atomic E-state index is 12.3. The quantitative estimate of drug-likeness (QED) is 0.684. The molecule has 0 aliphatic carbocycles. The van der Waals surface area contributed by atoms with E-state index in [-0.39, 0.29) is 11.4 Å². The molecule has 7 heteroatoms. The number of aromatic nitrogens is 2. The minimum atomic E-state index is -3.52. The molecule has 0 unspecified atom stereocenters. The van der Waals surface area contributed by atoms with Crippen LogP contribution in [-0.2, 0) is 23.1 Å². The van der Waals surface area contributed by atoms with Crippen molar-refractivity contribution in [3.05, 3.63) is 82.9 Å². The molecule has 0 saturated carbocycles. The molecule has 0 radical (unpaired) electrons. The van der Waals surface area contributed by atoms with E-state index in [0.29, 0.717) is 0 Å². The lowest BCUT2D eigenvalue weighted by Crippen LogP contribution is -2.23. The Morgan fingerprint density at radius 2 is 1.83 bits per heavy atom. The first-order valence-electron chi connectivity index (χ1n) is 7.32. The number of nitrogens with one attached hydrogen (secondary N) is 1. The van der Waals surface area contributed by atoms with Gasteiger partial charge < -0.3 is 4.57 Å². The lowest BCUT2D eigenvalue weighted by molar-refractivity contribution is 0.581. The van der Waals surface area contributed by atoms with Gasteiger partial charge >= 0.3 is 0 Å². The van der Waals surface area contributed by atoms with E-state index in [9.17, 15) is 8.42 Å². The van der Waals surface area contributed by atoms with Gasteiger partial charge in [-0.1, -0.05) is 46.3 Å². The molecule has 5 nitrogen and oxygen atoms in total. The molecule has 0 atom stereocenters. The topological polar surface area (TPSA) is 64.0 Å². The summed E-state index contributed by atoms with van der Waals surface area (Å²) in [5.41, 5.74) is 2.04. The van der Waals surface area contributed by atoms with E-state index in [4.69, 9.17) is 0 Å². The predicted octanol–water partition coefficient (Wildman–Crippen LogP) is 3.17. The smallest absolute Gasteiger partial charge is 0.240 e. The zero-order valence-electron chi connectivity index (χ0n) is 12.8. The Kier molecular flexibility index (Phi) is 5.13. The van der Waals surface area contributed by atoms with Gasteiger partial charge in [0.1, 0.15) is 0 Å². The van der Waals surface area contributed by atoms with Gasteiger partial charge in [-0.05, 0) is 29.3 Å². The van der Waals surface area contributed by atoms with Crippen LogP contribution in [0.5, 0.6) is 0 Å². The molecule has 2 aromatic carbocycles. The fourth-order valence-corrected chi connectivity index (χ4v) is 3.86. The van der Waals surface area contributed by atoms with Crippen molar-refractivity contribution in [2.75, 3.05) is 0 Å². The number of rotatable bonds is 6. The minimum absolute atomic E-state index is 0.244. The zero-order chi connectivity index (χ0) is 17.0. The average Bonchev–Trinajstić information content (AvgIpc) is 3.07. The first-order chi connectivity index (χ1) is 11.5. The second-order valence-corrected chi connectivity index (χ2v) is 8.02. The summed E-state index contributed by atoms with van der Waals surface area (Å²) in [7, 11) is -3.52. The van der Waals surface area contributed by atoms with Gasteiger partial charge in [-0.2, -0.15) is 0 Å². The fourth-order valence-electron chi connectivity index (χ4n) is 2.25. The van der Waals surface area contributed by atoms with Gasteiger partial charge in [0.05, 0.1) is 11.2 Å². The molecule has 3 rings (SSSR count). The number of hydrogen-bond acceptors (Lipinski definition) is 3. The summed E-state index contributed by atoms with van der Waals surface area (Å²) in [5, 5.41) is 0. The normalized spacial score (nSPS) is 11.5. The van der Waals surface area contributed by atoms with Gasteiger partial charge in [0.25, 0.3) is 0 Å². The predicted molar refractivity (Wildman–Crippen MR) is 95.9 cm³/mol. The Labute approximate surface area is 149 Å². The Morgan fingerprint density at radius 1 is 1.08 bits per heavy atom. The average molecular weight is 406 g/mol. The van der Waals surface area contributed by atoms with E-state index in [2.05, 4.69) is 25.6 Å². The highest BCUT2D eigenvalue weighted by Crippen LogP contribution is 2.16. The van der Waals surface area contributed by atoms with Gasteiger partial charge in [-0.15, -0.1) is 0 Å². The maximum Gasteiger partial charge on any atom is 0.240 e. The van der Waals surface area contributed by atoms with Crippen LogP contribution in [0.15, 0.2) is 76.6 Å². The number of hydrogen-bond donors (Lipinski definition) is 1. The van der Waals surface area contributed by atoms with Crippen LogP contribution < -0.4 is 4.72 Å². The van der Waals surface area contributed by atoms with E-state index in [1.807, 2.05) is 35.0 Å². The van der Waals surface area contributed by atoms with E-state index in [0.717, 1.165) is 22.1 Å². The van der Waals surface area contributed by atoms with Crippen molar-refractivity contribution in [2.24, 2.45) is 0 Å². The highest BCUT2D eigenvalue weighted by Gasteiger charge is 2.13. The zero-order valence-corrected chi connectivity index (χ0v) is 15.2. The summed E-state index contributed by atoms with van der Waals surface area (Å²) in [6.07, 6.45) is 5.41. The second kappa shape index (κ2) is 7.29. The van der Waals surface area contributed by atoms with Gasteiger partial charge in [-0.3, -0.25) is 0 Å². The summed E-state index contributed by atoms with van der Waals surface area (Å²) in [5.74, 6) is 0. The maximum absolute atomic E-state index is 12.3. The Balaban J connectivity index is 1.64. The Bertz CT molecular complexity index is 907. The molecule has 0 bridgehead atoms. The van der Waals surface area contributed by atoms with Crippen LogP contribution >= 0.6 is 15.9 Å².